The van der Waals surface area contributed by atoms with Crippen LogP contribution in [0.4, 0.5) is 0 Å². The summed E-state index contributed by atoms with van der Waals surface area (Å²) in [7, 11) is 0. The van der Waals surface area contributed by atoms with Crippen molar-refractivity contribution in [2.75, 3.05) is 52.5 Å². The maximum absolute atomic E-state index is 11.3. The smallest absolute Gasteiger partial charge is 0.217 e. The maximum atomic E-state index is 11.3. The predicted octanol–water partition coefficient (Wildman–Crippen LogP) is 1.18. The highest BCUT2D eigenvalue weighted by molar-refractivity contribution is 5.80. The quantitative estimate of drug-likeness (QED) is 0.535. The largest absolute Gasteiger partial charge is 0.381 e. The molecule has 0 aromatic carbocycles. The number of aliphatic imine (C=N–C) groups is 1. The van der Waals surface area contributed by atoms with E-state index < -0.39 is 0 Å². The molecule has 27 heavy (non-hydrogen) atoms. The molecule has 1 amide bonds. The van der Waals surface area contributed by atoms with Crippen LogP contribution in [0.3, 0.4) is 0 Å². The molecule has 0 spiro atoms. The zero-order chi connectivity index (χ0) is 19.1. The molecule has 0 saturated carbocycles. The summed E-state index contributed by atoms with van der Waals surface area (Å²) >= 11 is 0. The number of amides is 1. The van der Waals surface area contributed by atoms with Gasteiger partial charge in [-0.15, -0.1) is 0 Å². The van der Waals surface area contributed by atoms with E-state index in [1.807, 2.05) is 0 Å². The first-order valence-electron chi connectivity index (χ1n) is 10.8. The lowest BCUT2D eigenvalue weighted by molar-refractivity contribution is -0.119. The fraction of sp³-hybridized carbons (Fsp3) is 0.900. The topological polar surface area (TPSA) is 83.2 Å². The third-order valence-corrected chi connectivity index (χ3v) is 6.37. The van der Waals surface area contributed by atoms with Gasteiger partial charge in [-0.3, -0.25) is 14.7 Å². The number of carbonyl (C=O) groups is 1. The number of primary amides is 1. The van der Waals surface area contributed by atoms with Crippen molar-refractivity contribution in [3.8, 4) is 0 Å². The van der Waals surface area contributed by atoms with Gasteiger partial charge in [-0.25, -0.2) is 0 Å². The molecule has 3 heterocycles. The number of piperidine rings is 1. The number of ether oxygens (including phenoxy) is 1. The molecule has 0 bridgehead atoms. The highest BCUT2D eigenvalue weighted by Crippen LogP contribution is 2.32. The van der Waals surface area contributed by atoms with Gasteiger partial charge in [0.15, 0.2) is 5.96 Å². The second-order valence-electron chi connectivity index (χ2n) is 8.33. The van der Waals surface area contributed by atoms with Crippen molar-refractivity contribution in [3.05, 3.63) is 0 Å². The molecule has 3 N–H and O–H groups in total. The molecule has 7 heteroatoms. The minimum Gasteiger partial charge on any atom is -0.381 e. The van der Waals surface area contributed by atoms with Crippen LogP contribution in [0.25, 0.3) is 0 Å². The van der Waals surface area contributed by atoms with E-state index >= 15 is 0 Å². The summed E-state index contributed by atoms with van der Waals surface area (Å²) < 4.78 is 5.66. The Labute approximate surface area is 163 Å². The van der Waals surface area contributed by atoms with Crippen LogP contribution in [0.15, 0.2) is 4.99 Å². The van der Waals surface area contributed by atoms with Crippen LogP contribution < -0.4 is 11.1 Å². The van der Waals surface area contributed by atoms with Gasteiger partial charge in [0.05, 0.1) is 6.54 Å². The fourth-order valence-corrected chi connectivity index (χ4v) is 4.87. The summed E-state index contributed by atoms with van der Waals surface area (Å²) in [6.45, 7) is 9.73. The molecule has 154 valence electrons. The molecule has 1 unspecified atom stereocenters. The minimum absolute atomic E-state index is 0.151. The van der Waals surface area contributed by atoms with Gasteiger partial charge < -0.3 is 20.7 Å². The Kier molecular flexibility index (Phi) is 7.35. The van der Waals surface area contributed by atoms with Gasteiger partial charge in [0.2, 0.25) is 5.91 Å². The van der Waals surface area contributed by atoms with Crippen molar-refractivity contribution in [3.63, 3.8) is 0 Å². The molecule has 3 fully saturated rings. The Bertz CT molecular complexity index is 513. The molecule has 3 rings (SSSR count). The average Bonchev–Trinajstić information content (AvgIpc) is 3.21. The Hall–Kier alpha value is -1.34. The summed E-state index contributed by atoms with van der Waals surface area (Å²) in [5.74, 6) is 1.14. The predicted molar refractivity (Wildman–Crippen MR) is 108 cm³/mol. The Morgan fingerprint density at radius 3 is 2.63 bits per heavy atom. The molecule has 3 saturated heterocycles. The Morgan fingerprint density at radius 2 is 1.96 bits per heavy atom. The Morgan fingerprint density at radius 1 is 1.22 bits per heavy atom. The van der Waals surface area contributed by atoms with Gasteiger partial charge in [-0.05, 0) is 64.5 Å². The zero-order valence-electron chi connectivity index (χ0n) is 16.9. The lowest BCUT2D eigenvalue weighted by Gasteiger charge is -2.44. The molecule has 7 nitrogen and oxygen atoms in total. The van der Waals surface area contributed by atoms with Crippen LogP contribution in [0.2, 0.25) is 0 Å². The summed E-state index contributed by atoms with van der Waals surface area (Å²) in [5.41, 5.74) is 5.58. The SMILES string of the molecule is CCNC(=NCC1(N2CCCC2)CCOCC1)N1CCCC(CC(N)=O)C1. The third kappa shape index (κ3) is 5.35. The number of rotatable bonds is 6. The van der Waals surface area contributed by atoms with Gasteiger partial charge in [0, 0.05) is 44.8 Å². The molecule has 3 aliphatic heterocycles. The van der Waals surface area contributed by atoms with E-state index in [0.717, 1.165) is 71.0 Å². The number of likely N-dealkylation sites (tertiary alicyclic amines) is 2. The fourth-order valence-electron chi connectivity index (χ4n) is 4.87. The third-order valence-electron chi connectivity index (χ3n) is 6.37. The van der Waals surface area contributed by atoms with Crippen molar-refractivity contribution >= 4 is 11.9 Å². The van der Waals surface area contributed by atoms with Crippen molar-refractivity contribution in [1.82, 2.24) is 15.1 Å². The number of nitrogens with one attached hydrogen (secondary N) is 1. The molecular weight excluding hydrogens is 342 g/mol. The second kappa shape index (κ2) is 9.73. The molecule has 0 radical (unpaired) electrons. The van der Waals surface area contributed by atoms with E-state index in [0.29, 0.717) is 12.3 Å². The van der Waals surface area contributed by atoms with E-state index in [2.05, 4.69) is 22.0 Å². The summed E-state index contributed by atoms with van der Waals surface area (Å²) in [5, 5.41) is 3.48. The second-order valence-corrected chi connectivity index (χ2v) is 8.33. The monoisotopic (exact) mass is 379 g/mol. The van der Waals surface area contributed by atoms with Crippen LogP contribution in [-0.2, 0) is 9.53 Å². The standard InChI is InChI=1S/C20H37N5O2/c1-2-22-19(24-9-5-6-17(15-24)14-18(21)26)23-16-20(7-12-27-13-8-20)25-10-3-4-11-25/h17H,2-16H2,1H3,(H2,21,26)(H,22,23). The minimum atomic E-state index is -0.195. The first-order valence-corrected chi connectivity index (χ1v) is 10.8. The number of nitrogens with zero attached hydrogens (tertiary/aromatic N) is 3. The highest BCUT2D eigenvalue weighted by atomic mass is 16.5. The van der Waals surface area contributed by atoms with Gasteiger partial charge in [0.25, 0.3) is 0 Å². The van der Waals surface area contributed by atoms with E-state index in [-0.39, 0.29) is 11.4 Å². The van der Waals surface area contributed by atoms with E-state index in [1.165, 1.54) is 25.9 Å². The van der Waals surface area contributed by atoms with Gasteiger partial charge in [-0.1, -0.05) is 0 Å². The lowest BCUT2D eigenvalue weighted by Crippen LogP contribution is -2.54. The number of nitrogens with two attached hydrogens (primary N) is 1. The molecule has 1 atom stereocenters. The van der Waals surface area contributed by atoms with E-state index in [9.17, 15) is 4.79 Å². The van der Waals surface area contributed by atoms with Crippen LogP contribution in [0.1, 0.15) is 51.9 Å². The van der Waals surface area contributed by atoms with Crippen molar-refractivity contribution in [2.45, 2.75) is 57.4 Å². The normalized spacial score (nSPS) is 26.9. The number of guanidine groups is 1. The van der Waals surface area contributed by atoms with Crippen molar-refractivity contribution in [1.29, 1.82) is 0 Å². The first-order chi connectivity index (χ1) is 13.1. The zero-order valence-corrected chi connectivity index (χ0v) is 16.9. The van der Waals surface area contributed by atoms with Crippen LogP contribution in [0, 0.1) is 5.92 Å². The van der Waals surface area contributed by atoms with Crippen molar-refractivity contribution < 1.29 is 9.53 Å². The van der Waals surface area contributed by atoms with Gasteiger partial charge >= 0.3 is 0 Å². The lowest BCUT2D eigenvalue weighted by atomic mass is 9.88. The van der Waals surface area contributed by atoms with E-state index in [1.54, 1.807) is 0 Å². The van der Waals surface area contributed by atoms with Crippen LogP contribution in [-0.4, -0.2) is 79.7 Å². The highest BCUT2D eigenvalue weighted by Gasteiger charge is 2.39. The molecule has 0 aromatic rings. The van der Waals surface area contributed by atoms with Gasteiger partial charge in [0.1, 0.15) is 0 Å². The van der Waals surface area contributed by atoms with Crippen LogP contribution in [0.5, 0.6) is 0 Å². The number of hydrogen-bond acceptors (Lipinski definition) is 4. The molecule has 0 aliphatic carbocycles. The number of hydrogen-bond donors (Lipinski definition) is 2. The average molecular weight is 380 g/mol. The van der Waals surface area contributed by atoms with Crippen LogP contribution >= 0.6 is 0 Å². The van der Waals surface area contributed by atoms with Gasteiger partial charge in [-0.2, -0.15) is 0 Å². The van der Waals surface area contributed by atoms with Crippen molar-refractivity contribution in [2.24, 2.45) is 16.6 Å². The first kappa shape index (κ1) is 20.4. The maximum Gasteiger partial charge on any atom is 0.217 e. The Balaban J connectivity index is 1.70. The summed E-state index contributed by atoms with van der Waals surface area (Å²) in [6.07, 6.45) is 7.38. The summed E-state index contributed by atoms with van der Waals surface area (Å²) in [6, 6.07) is 0. The molecular formula is C20H37N5O2. The molecule has 3 aliphatic rings. The number of carbonyl (C=O) groups excluding carboxylic acids is 1. The van der Waals surface area contributed by atoms with E-state index in [4.69, 9.17) is 15.5 Å². The molecule has 0 aromatic heterocycles. The summed E-state index contributed by atoms with van der Waals surface area (Å²) in [4.78, 5) is 21.4.